The Morgan fingerprint density at radius 1 is 1.19 bits per heavy atom. The van der Waals surface area contributed by atoms with Gasteiger partial charge >= 0.3 is 0 Å². The highest BCUT2D eigenvalue weighted by Crippen LogP contribution is 2.34. The van der Waals surface area contributed by atoms with Crippen molar-refractivity contribution in [2.45, 2.75) is 12.5 Å². The van der Waals surface area contributed by atoms with Gasteiger partial charge in [0.15, 0.2) is 0 Å². The number of benzene rings is 2. The fraction of sp³-hybridized carbons (Fsp3) is 0.250. The number of nitriles is 1. The van der Waals surface area contributed by atoms with E-state index in [9.17, 15) is 14.0 Å². The Bertz CT molecular complexity index is 933. The van der Waals surface area contributed by atoms with Crippen LogP contribution in [0.15, 0.2) is 42.5 Å². The fourth-order valence-corrected chi connectivity index (χ4v) is 3.75. The smallest absolute Gasteiger partial charge is 0.254 e. The maximum atomic E-state index is 14.1. The molecule has 1 atom stereocenters. The van der Waals surface area contributed by atoms with Gasteiger partial charge in [0, 0.05) is 18.7 Å². The van der Waals surface area contributed by atoms with Gasteiger partial charge in [-0.25, -0.2) is 4.39 Å². The number of amides is 2. The van der Waals surface area contributed by atoms with Crippen molar-refractivity contribution in [1.29, 1.82) is 5.26 Å². The van der Waals surface area contributed by atoms with E-state index >= 15 is 0 Å². The first-order valence-electron chi connectivity index (χ1n) is 8.44. The quantitative estimate of drug-likeness (QED) is 0.793. The van der Waals surface area contributed by atoms with E-state index in [2.05, 4.69) is 0 Å². The van der Waals surface area contributed by atoms with E-state index in [1.54, 1.807) is 35.2 Å². The molecular weight excluding hydrogens is 333 g/mol. The lowest BCUT2D eigenvalue weighted by atomic mass is 9.90. The molecule has 2 aliphatic heterocycles. The van der Waals surface area contributed by atoms with Gasteiger partial charge in [0.05, 0.1) is 17.7 Å². The summed E-state index contributed by atoms with van der Waals surface area (Å²) in [6, 6.07) is 12.9. The Hall–Kier alpha value is -3.20. The first-order chi connectivity index (χ1) is 12.6. The summed E-state index contributed by atoms with van der Waals surface area (Å²) in [5.41, 5.74) is 2.32. The summed E-state index contributed by atoms with van der Waals surface area (Å²) >= 11 is 0. The average molecular weight is 349 g/mol. The normalized spacial score (nSPS) is 18.8. The zero-order valence-electron chi connectivity index (χ0n) is 14.0. The van der Waals surface area contributed by atoms with Crippen LogP contribution in [0.25, 0.3) is 0 Å². The zero-order valence-corrected chi connectivity index (χ0v) is 14.0. The van der Waals surface area contributed by atoms with Crippen molar-refractivity contribution in [2.24, 2.45) is 0 Å². The largest absolute Gasteiger partial charge is 0.332 e. The summed E-state index contributed by atoms with van der Waals surface area (Å²) < 4.78 is 14.1. The van der Waals surface area contributed by atoms with Crippen LogP contribution < -0.4 is 0 Å². The summed E-state index contributed by atoms with van der Waals surface area (Å²) in [5.74, 6) is -0.644. The number of carbonyl (C=O) groups excluding carboxylic acids is 2. The Kier molecular flexibility index (Phi) is 3.92. The molecule has 2 aliphatic rings. The minimum atomic E-state index is -0.321. The molecule has 5 nitrogen and oxygen atoms in total. The summed E-state index contributed by atoms with van der Waals surface area (Å²) in [6.45, 7) is 0.817. The minimum Gasteiger partial charge on any atom is -0.332 e. The van der Waals surface area contributed by atoms with Gasteiger partial charge in [-0.1, -0.05) is 12.1 Å². The molecule has 0 bridgehead atoms. The van der Waals surface area contributed by atoms with E-state index < -0.39 is 0 Å². The number of halogens is 1. The average Bonchev–Trinajstić information content (AvgIpc) is 2.67. The van der Waals surface area contributed by atoms with Gasteiger partial charge in [-0.2, -0.15) is 5.26 Å². The molecule has 0 N–H and O–H groups in total. The maximum Gasteiger partial charge on any atom is 0.254 e. The van der Waals surface area contributed by atoms with Crippen molar-refractivity contribution in [1.82, 2.24) is 9.80 Å². The zero-order chi connectivity index (χ0) is 18.3. The monoisotopic (exact) mass is 349 g/mol. The van der Waals surface area contributed by atoms with Crippen molar-refractivity contribution in [3.8, 4) is 6.07 Å². The van der Waals surface area contributed by atoms with Crippen LogP contribution in [0.2, 0.25) is 0 Å². The summed E-state index contributed by atoms with van der Waals surface area (Å²) in [5, 5.41) is 8.87. The first kappa shape index (κ1) is 16.3. The van der Waals surface area contributed by atoms with E-state index in [1.807, 2.05) is 12.1 Å². The van der Waals surface area contributed by atoms with Crippen LogP contribution >= 0.6 is 0 Å². The van der Waals surface area contributed by atoms with E-state index in [0.29, 0.717) is 36.2 Å². The summed E-state index contributed by atoms with van der Waals surface area (Å²) in [6.07, 6.45) is 0.494. The topological polar surface area (TPSA) is 64.4 Å². The van der Waals surface area contributed by atoms with E-state index in [0.717, 1.165) is 5.56 Å². The molecular formula is C20H16FN3O2. The van der Waals surface area contributed by atoms with Crippen LogP contribution in [0.3, 0.4) is 0 Å². The van der Waals surface area contributed by atoms with Crippen molar-refractivity contribution in [3.63, 3.8) is 0 Å². The number of rotatable bonds is 1. The lowest BCUT2D eigenvalue weighted by Crippen LogP contribution is -2.55. The molecule has 0 spiro atoms. The molecule has 1 unspecified atom stereocenters. The molecule has 1 saturated heterocycles. The van der Waals surface area contributed by atoms with E-state index in [4.69, 9.17) is 5.26 Å². The molecule has 6 heteroatoms. The van der Waals surface area contributed by atoms with E-state index in [-0.39, 0.29) is 30.2 Å². The lowest BCUT2D eigenvalue weighted by Gasteiger charge is -2.44. The van der Waals surface area contributed by atoms with E-state index in [1.165, 1.54) is 11.0 Å². The summed E-state index contributed by atoms with van der Waals surface area (Å²) in [7, 11) is 0. The van der Waals surface area contributed by atoms with Crippen LogP contribution in [0.4, 0.5) is 4.39 Å². The van der Waals surface area contributed by atoms with Crippen molar-refractivity contribution in [3.05, 3.63) is 70.5 Å². The number of hydrogen-bond donors (Lipinski definition) is 0. The molecule has 1 fully saturated rings. The molecule has 0 aliphatic carbocycles. The van der Waals surface area contributed by atoms with Crippen molar-refractivity contribution in [2.75, 3.05) is 19.6 Å². The van der Waals surface area contributed by atoms with Crippen LogP contribution in [-0.2, 0) is 11.2 Å². The number of nitrogens with zero attached hydrogens (tertiary/aromatic N) is 3. The van der Waals surface area contributed by atoms with Gasteiger partial charge in [-0.05, 0) is 47.9 Å². The SMILES string of the molecule is N#Cc1ccc(C(=O)N2CC(=O)N3CCc4c(F)cccc4C3C2)cc1. The third-order valence-corrected chi connectivity index (χ3v) is 5.08. The maximum absolute atomic E-state index is 14.1. The number of carbonyl (C=O) groups is 2. The molecule has 2 amide bonds. The molecule has 26 heavy (non-hydrogen) atoms. The van der Waals surface area contributed by atoms with Gasteiger partial charge in [-0.15, -0.1) is 0 Å². The highest BCUT2D eigenvalue weighted by molar-refractivity contribution is 5.97. The molecule has 0 radical (unpaired) electrons. The Labute approximate surface area is 150 Å². The highest BCUT2D eigenvalue weighted by Gasteiger charge is 2.39. The molecule has 0 saturated carbocycles. The number of fused-ring (bicyclic) bond motifs is 3. The lowest BCUT2D eigenvalue weighted by molar-refractivity contribution is -0.139. The second-order valence-electron chi connectivity index (χ2n) is 6.54. The Morgan fingerprint density at radius 2 is 1.96 bits per heavy atom. The molecule has 0 aromatic heterocycles. The fourth-order valence-electron chi connectivity index (χ4n) is 3.75. The van der Waals surface area contributed by atoms with Crippen molar-refractivity contribution < 1.29 is 14.0 Å². The van der Waals surface area contributed by atoms with Gasteiger partial charge in [0.1, 0.15) is 12.4 Å². The van der Waals surface area contributed by atoms with Crippen LogP contribution in [-0.4, -0.2) is 41.2 Å². The van der Waals surface area contributed by atoms with Crippen LogP contribution in [0, 0.1) is 17.1 Å². The second kappa shape index (κ2) is 6.26. The predicted molar refractivity (Wildman–Crippen MR) is 91.6 cm³/mol. The Morgan fingerprint density at radius 3 is 2.69 bits per heavy atom. The number of piperazine rings is 1. The standard InChI is InChI=1S/C20H16FN3O2/c21-17-3-1-2-16-15(17)8-9-24-18(16)11-23(12-19(24)25)20(26)14-6-4-13(10-22)5-7-14/h1-7,18H,8-9,11-12H2. The first-order valence-corrected chi connectivity index (χ1v) is 8.44. The minimum absolute atomic E-state index is 0.0139. The van der Waals surface area contributed by atoms with Crippen LogP contribution in [0.1, 0.15) is 33.1 Å². The van der Waals surface area contributed by atoms with Gasteiger partial charge < -0.3 is 9.80 Å². The van der Waals surface area contributed by atoms with Crippen molar-refractivity contribution >= 4 is 11.8 Å². The molecule has 2 heterocycles. The number of hydrogen-bond acceptors (Lipinski definition) is 3. The highest BCUT2D eigenvalue weighted by atomic mass is 19.1. The molecule has 2 aromatic carbocycles. The molecule has 2 aromatic rings. The summed E-state index contributed by atoms with van der Waals surface area (Å²) in [4.78, 5) is 28.6. The third-order valence-electron chi connectivity index (χ3n) is 5.08. The second-order valence-corrected chi connectivity index (χ2v) is 6.54. The Balaban J connectivity index is 1.64. The molecule has 4 rings (SSSR count). The van der Waals surface area contributed by atoms with Gasteiger partial charge in [-0.3, -0.25) is 9.59 Å². The molecule has 130 valence electrons. The van der Waals surface area contributed by atoms with Gasteiger partial charge in [0.2, 0.25) is 5.91 Å². The predicted octanol–water partition coefficient (Wildman–Crippen LogP) is 2.28. The van der Waals surface area contributed by atoms with Crippen LogP contribution in [0.5, 0.6) is 0 Å². The van der Waals surface area contributed by atoms with Gasteiger partial charge in [0.25, 0.3) is 5.91 Å². The third kappa shape index (κ3) is 2.62.